The summed E-state index contributed by atoms with van der Waals surface area (Å²) < 4.78 is 12.9. The van der Waals surface area contributed by atoms with Crippen LogP contribution in [0.25, 0.3) is 17.3 Å². The van der Waals surface area contributed by atoms with E-state index in [1.54, 1.807) is 6.26 Å². The van der Waals surface area contributed by atoms with E-state index >= 15 is 0 Å². The van der Waals surface area contributed by atoms with Gasteiger partial charge in [-0.05, 0) is 50.6 Å². The van der Waals surface area contributed by atoms with E-state index in [1.165, 1.54) is 18.0 Å². The molecular formula is C21H21N5O3S. The van der Waals surface area contributed by atoms with Gasteiger partial charge in [-0.15, -0.1) is 10.2 Å². The first-order chi connectivity index (χ1) is 14.5. The molecule has 3 aromatic heterocycles. The largest absolute Gasteiger partial charge is 0.461 e. The van der Waals surface area contributed by atoms with Crippen molar-refractivity contribution < 1.29 is 13.6 Å². The summed E-state index contributed by atoms with van der Waals surface area (Å²) in [4.78, 5) is 16.3. The molecule has 0 fully saturated rings. The van der Waals surface area contributed by atoms with Crippen molar-refractivity contribution in [2.75, 3.05) is 0 Å². The lowest BCUT2D eigenvalue weighted by Gasteiger charge is -2.09. The van der Waals surface area contributed by atoms with Crippen LogP contribution in [0.2, 0.25) is 0 Å². The van der Waals surface area contributed by atoms with Crippen molar-refractivity contribution in [3.05, 3.63) is 66.1 Å². The van der Waals surface area contributed by atoms with Gasteiger partial charge in [0.15, 0.2) is 16.6 Å². The first-order valence-electron chi connectivity index (χ1n) is 9.45. The number of furan rings is 1. The van der Waals surface area contributed by atoms with Gasteiger partial charge in [0.1, 0.15) is 6.26 Å². The number of amides is 1. The van der Waals surface area contributed by atoms with Crippen LogP contribution < -0.4 is 5.32 Å². The first-order valence-corrected chi connectivity index (χ1v) is 10.4. The number of thioether (sulfide) groups is 1. The molecule has 9 heteroatoms. The van der Waals surface area contributed by atoms with E-state index in [-0.39, 0.29) is 17.6 Å². The van der Waals surface area contributed by atoms with Crippen LogP contribution in [-0.4, -0.2) is 31.7 Å². The summed E-state index contributed by atoms with van der Waals surface area (Å²) in [5.41, 5.74) is 2.31. The smallest absolute Gasteiger partial charge is 0.273 e. The lowest BCUT2D eigenvalue weighted by atomic mass is 10.2. The molecule has 1 N–H and O–H groups in total. The highest BCUT2D eigenvalue weighted by Gasteiger charge is 2.19. The average Bonchev–Trinajstić information content (AvgIpc) is 3.45. The maximum Gasteiger partial charge on any atom is 0.273 e. The van der Waals surface area contributed by atoms with E-state index in [4.69, 9.17) is 8.83 Å². The Morgan fingerprint density at radius 1 is 1.20 bits per heavy atom. The van der Waals surface area contributed by atoms with Gasteiger partial charge >= 0.3 is 0 Å². The Hall–Kier alpha value is -3.33. The van der Waals surface area contributed by atoms with Crippen LogP contribution in [0.3, 0.4) is 0 Å². The number of nitrogens with zero attached hydrogens (tertiary/aromatic N) is 4. The summed E-state index contributed by atoms with van der Waals surface area (Å²) >= 11 is 1.42. The number of hydrogen-bond acceptors (Lipinski definition) is 7. The molecule has 0 saturated heterocycles. The lowest BCUT2D eigenvalue weighted by Crippen LogP contribution is -2.30. The molecule has 0 aliphatic heterocycles. The summed E-state index contributed by atoms with van der Waals surface area (Å²) in [6.45, 7) is 5.82. The first kappa shape index (κ1) is 20.0. The van der Waals surface area contributed by atoms with Crippen molar-refractivity contribution in [2.45, 2.75) is 37.7 Å². The van der Waals surface area contributed by atoms with Crippen molar-refractivity contribution in [2.24, 2.45) is 0 Å². The Kier molecular flexibility index (Phi) is 5.71. The van der Waals surface area contributed by atoms with Crippen molar-refractivity contribution in [1.82, 2.24) is 25.1 Å². The lowest BCUT2D eigenvalue weighted by molar-refractivity contribution is 0.0938. The number of nitrogens with one attached hydrogen (secondary N) is 1. The molecule has 1 amide bonds. The molecule has 0 bridgehead atoms. The third-order valence-corrected chi connectivity index (χ3v) is 5.08. The van der Waals surface area contributed by atoms with E-state index in [0.29, 0.717) is 28.4 Å². The van der Waals surface area contributed by atoms with Crippen LogP contribution >= 0.6 is 11.8 Å². The molecule has 0 aliphatic carbocycles. The van der Waals surface area contributed by atoms with Gasteiger partial charge in [0.05, 0.1) is 17.7 Å². The summed E-state index contributed by atoms with van der Waals surface area (Å²) in [6, 6.07) is 11.8. The second kappa shape index (κ2) is 8.58. The minimum atomic E-state index is -0.256. The summed E-state index contributed by atoms with van der Waals surface area (Å²) in [5.74, 6) is 1.81. The number of hydrogen-bond donors (Lipinski definition) is 1. The number of carbonyl (C=O) groups excluding carboxylic acids is 1. The SMILES string of the molecule is Cc1cccc(-n2c(SCc3nc(C(=O)NC(C)C)co3)nnc2-c2ccco2)c1. The van der Waals surface area contributed by atoms with Crippen LogP contribution in [0.4, 0.5) is 0 Å². The van der Waals surface area contributed by atoms with Gasteiger partial charge in [0.2, 0.25) is 11.7 Å². The zero-order valence-corrected chi connectivity index (χ0v) is 17.6. The van der Waals surface area contributed by atoms with Crippen molar-refractivity contribution in [3.63, 3.8) is 0 Å². The molecule has 154 valence electrons. The summed E-state index contributed by atoms with van der Waals surface area (Å²) in [6.07, 6.45) is 2.97. The van der Waals surface area contributed by atoms with Crippen LogP contribution in [0.5, 0.6) is 0 Å². The monoisotopic (exact) mass is 423 g/mol. The molecular weight excluding hydrogens is 402 g/mol. The maximum atomic E-state index is 12.1. The Balaban J connectivity index is 1.59. The highest BCUT2D eigenvalue weighted by Crippen LogP contribution is 2.30. The van der Waals surface area contributed by atoms with Crippen molar-refractivity contribution >= 4 is 17.7 Å². The molecule has 30 heavy (non-hydrogen) atoms. The minimum Gasteiger partial charge on any atom is -0.461 e. The Labute approximate surface area is 177 Å². The highest BCUT2D eigenvalue weighted by atomic mass is 32.2. The van der Waals surface area contributed by atoms with Crippen molar-refractivity contribution in [1.29, 1.82) is 0 Å². The van der Waals surface area contributed by atoms with Crippen LogP contribution in [0, 0.1) is 6.92 Å². The fourth-order valence-corrected chi connectivity index (χ4v) is 3.68. The van der Waals surface area contributed by atoms with Gasteiger partial charge in [-0.3, -0.25) is 9.36 Å². The number of rotatable bonds is 7. The number of oxazole rings is 1. The molecule has 0 aliphatic rings. The summed E-state index contributed by atoms with van der Waals surface area (Å²) in [5, 5.41) is 12.1. The normalized spacial score (nSPS) is 11.2. The molecule has 4 rings (SSSR count). The van der Waals surface area contributed by atoms with Gasteiger partial charge < -0.3 is 14.2 Å². The van der Waals surface area contributed by atoms with E-state index in [1.807, 2.05) is 55.7 Å². The Morgan fingerprint density at radius 2 is 2.07 bits per heavy atom. The highest BCUT2D eigenvalue weighted by molar-refractivity contribution is 7.98. The van der Waals surface area contributed by atoms with E-state index < -0.39 is 0 Å². The Morgan fingerprint density at radius 3 is 2.80 bits per heavy atom. The number of aromatic nitrogens is 4. The van der Waals surface area contributed by atoms with Crippen LogP contribution in [0.1, 0.15) is 35.8 Å². The second-order valence-corrected chi connectivity index (χ2v) is 7.94. The van der Waals surface area contributed by atoms with Crippen molar-refractivity contribution in [3.8, 4) is 17.3 Å². The van der Waals surface area contributed by atoms with E-state index in [0.717, 1.165) is 11.3 Å². The predicted molar refractivity (Wildman–Crippen MR) is 112 cm³/mol. The molecule has 0 radical (unpaired) electrons. The number of carbonyl (C=O) groups is 1. The minimum absolute atomic E-state index is 0.0277. The molecule has 0 atom stereocenters. The molecule has 4 aromatic rings. The quantitative estimate of drug-likeness (QED) is 0.444. The molecule has 8 nitrogen and oxygen atoms in total. The third kappa shape index (κ3) is 4.30. The van der Waals surface area contributed by atoms with Gasteiger partial charge in [-0.25, -0.2) is 4.98 Å². The van der Waals surface area contributed by atoms with E-state index in [2.05, 4.69) is 26.6 Å². The molecule has 0 spiro atoms. The molecule has 3 heterocycles. The van der Waals surface area contributed by atoms with Gasteiger partial charge in [-0.1, -0.05) is 23.9 Å². The van der Waals surface area contributed by atoms with E-state index in [9.17, 15) is 4.79 Å². The maximum absolute atomic E-state index is 12.1. The fraction of sp³-hybridized carbons (Fsp3) is 0.238. The summed E-state index contributed by atoms with van der Waals surface area (Å²) in [7, 11) is 0. The zero-order chi connectivity index (χ0) is 21.1. The molecule has 0 saturated carbocycles. The predicted octanol–water partition coefficient (Wildman–Crippen LogP) is 4.25. The number of aryl methyl sites for hydroxylation is 1. The average molecular weight is 423 g/mol. The van der Waals surface area contributed by atoms with Gasteiger partial charge in [0, 0.05) is 6.04 Å². The Bertz CT molecular complexity index is 1150. The van der Waals surface area contributed by atoms with Gasteiger partial charge in [0.25, 0.3) is 5.91 Å². The fourth-order valence-electron chi connectivity index (χ4n) is 2.87. The molecule has 1 aromatic carbocycles. The van der Waals surface area contributed by atoms with Gasteiger partial charge in [-0.2, -0.15) is 0 Å². The van der Waals surface area contributed by atoms with Crippen LogP contribution in [-0.2, 0) is 5.75 Å². The topological polar surface area (TPSA) is 99.0 Å². The van der Waals surface area contributed by atoms with Crippen LogP contribution in [0.15, 0.2) is 62.9 Å². The molecule has 0 unspecified atom stereocenters. The zero-order valence-electron chi connectivity index (χ0n) is 16.8. The second-order valence-electron chi connectivity index (χ2n) is 7.00. The number of benzene rings is 1. The third-order valence-electron chi connectivity index (χ3n) is 4.16. The standard InChI is InChI=1S/C21H21N5O3S/c1-13(2)22-20(27)16-11-29-18(23-16)12-30-21-25-24-19(17-8-5-9-28-17)26(21)15-7-4-6-14(3)10-15/h4-11,13H,12H2,1-3H3,(H,22,27).